The van der Waals surface area contributed by atoms with Gasteiger partial charge >= 0.3 is 0 Å². The van der Waals surface area contributed by atoms with Crippen molar-refractivity contribution in [2.75, 3.05) is 48.8 Å². The average molecular weight is 500 g/mol. The molecule has 2 aromatic rings. The van der Waals surface area contributed by atoms with E-state index in [-0.39, 0.29) is 34.9 Å². The summed E-state index contributed by atoms with van der Waals surface area (Å²) in [5, 5.41) is 0. The molecule has 2 aliphatic heterocycles. The molecule has 0 aliphatic carbocycles. The predicted octanol–water partition coefficient (Wildman–Crippen LogP) is 2.90. The number of nitrogens with zero attached hydrogens (tertiary/aromatic N) is 3. The van der Waals surface area contributed by atoms with E-state index in [0.717, 1.165) is 22.7 Å². The van der Waals surface area contributed by atoms with Crippen LogP contribution in [0.5, 0.6) is 5.75 Å². The molecule has 9 heteroatoms. The maximum atomic E-state index is 13.0. The van der Waals surface area contributed by atoms with Crippen molar-refractivity contribution in [3.05, 3.63) is 48.0 Å². The van der Waals surface area contributed by atoms with Crippen LogP contribution >= 0.6 is 0 Å². The van der Waals surface area contributed by atoms with Crippen LogP contribution in [0.4, 0.5) is 11.4 Å². The summed E-state index contributed by atoms with van der Waals surface area (Å²) in [6.45, 7) is 6.30. The molecule has 0 aromatic heterocycles. The first-order chi connectivity index (χ1) is 16.7. The van der Waals surface area contributed by atoms with Gasteiger partial charge in [-0.05, 0) is 61.4 Å². The number of carbonyl (C=O) groups excluding carboxylic acids is 2. The summed E-state index contributed by atoms with van der Waals surface area (Å²) < 4.78 is 31.2. The van der Waals surface area contributed by atoms with Crippen LogP contribution in [0.25, 0.3) is 0 Å². The SMILES string of the molecule is CCC(=O)N1c2ccc(S(=O)(=O)CCC(=O)N3CCN(c4ccc(OC)cc4)CC3)cc2CC1C. The highest BCUT2D eigenvalue weighted by Crippen LogP contribution is 2.34. The Morgan fingerprint density at radius 3 is 2.31 bits per heavy atom. The zero-order chi connectivity index (χ0) is 25.2. The Labute approximate surface area is 207 Å². The molecule has 0 radical (unpaired) electrons. The fraction of sp³-hybridized carbons (Fsp3) is 0.462. The summed E-state index contributed by atoms with van der Waals surface area (Å²) in [4.78, 5) is 31.0. The topological polar surface area (TPSA) is 87.2 Å². The lowest BCUT2D eigenvalue weighted by molar-refractivity contribution is -0.131. The van der Waals surface area contributed by atoms with Crippen molar-refractivity contribution in [1.29, 1.82) is 0 Å². The molecule has 2 aromatic carbocycles. The third-order valence-electron chi connectivity index (χ3n) is 6.85. The monoisotopic (exact) mass is 499 g/mol. The third-order valence-corrected chi connectivity index (χ3v) is 8.57. The number of sulfone groups is 1. The fourth-order valence-electron chi connectivity index (χ4n) is 4.86. The van der Waals surface area contributed by atoms with Crippen LogP contribution in [-0.2, 0) is 25.8 Å². The van der Waals surface area contributed by atoms with Gasteiger partial charge in [-0.15, -0.1) is 0 Å². The van der Waals surface area contributed by atoms with Gasteiger partial charge < -0.3 is 19.4 Å². The number of hydrogen-bond acceptors (Lipinski definition) is 6. The van der Waals surface area contributed by atoms with Gasteiger partial charge in [-0.1, -0.05) is 6.92 Å². The summed E-state index contributed by atoms with van der Waals surface area (Å²) in [5.74, 6) is 0.464. The Morgan fingerprint density at radius 1 is 1.00 bits per heavy atom. The van der Waals surface area contributed by atoms with E-state index in [4.69, 9.17) is 4.74 Å². The molecular weight excluding hydrogens is 466 g/mol. The quantitative estimate of drug-likeness (QED) is 0.582. The van der Waals surface area contributed by atoms with Crippen molar-refractivity contribution in [1.82, 2.24) is 4.90 Å². The highest BCUT2D eigenvalue weighted by molar-refractivity contribution is 7.91. The number of fused-ring (bicyclic) bond motifs is 1. The second kappa shape index (κ2) is 10.3. The van der Waals surface area contributed by atoms with Gasteiger partial charge in [0.25, 0.3) is 0 Å². The maximum Gasteiger partial charge on any atom is 0.226 e. The first-order valence-electron chi connectivity index (χ1n) is 12.1. The Balaban J connectivity index is 1.33. The van der Waals surface area contributed by atoms with E-state index in [2.05, 4.69) is 4.90 Å². The molecule has 0 saturated carbocycles. The molecule has 0 N–H and O–H groups in total. The number of ether oxygens (including phenoxy) is 1. The summed E-state index contributed by atoms with van der Waals surface area (Å²) in [7, 11) is -1.98. The Hall–Kier alpha value is -3.07. The number of benzene rings is 2. The number of rotatable bonds is 7. The molecule has 1 fully saturated rings. The molecule has 8 nitrogen and oxygen atoms in total. The summed E-state index contributed by atoms with van der Waals surface area (Å²) in [6, 6.07) is 12.8. The molecular formula is C26H33N3O5S. The minimum atomic E-state index is -3.61. The van der Waals surface area contributed by atoms with Crippen molar-refractivity contribution in [2.24, 2.45) is 0 Å². The first-order valence-corrected chi connectivity index (χ1v) is 13.7. The van der Waals surface area contributed by atoms with Gasteiger partial charge in [-0.25, -0.2) is 8.42 Å². The van der Waals surface area contributed by atoms with Gasteiger partial charge in [0.2, 0.25) is 11.8 Å². The highest BCUT2D eigenvalue weighted by atomic mass is 32.2. The highest BCUT2D eigenvalue weighted by Gasteiger charge is 2.31. The molecule has 2 heterocycles. The van der Waals surface area contributed by atoms with Crippen LogP contribution in [0.2, 0.25) is 0 Å². The van der Waals surface area contributed by atoms with E-state index >= 15 is 0 Å². The number of methoxy groups -OCH3 is 1. The summed E-state index contributed by atoms with van der Waals surface area (Å²) in [6.07, 6.45) is 0.987. The number of anilines is 2. The maximum absolute atomic E-state index is 13.0. The average Bonchev–Trinajstić information content (AvgIpc) is 3.22. The van der Waals surface area contributed by atoms with Gasteiger partial charge in [-0.2, -0.15) is 0 Å². The number of amides is 2. The van der Waals surface area contributed by atoms with E-state index in [9.17, 15) is 18.0 Å². The lowest BCUT2D eigenvalue weighted by Crippen LogP contribution is -2.49. The second-order valence-corrected chi connectivity index (χ2v) is 11.2. The van der Waals surface area contributed by atoms with Crippen molar-refractivity contribution in [2.45, 2.75) is 44.0 Å². The van der Waals surface area contributed by atoms with E-state index in [1.54, 1.807) is 35.1 Å². The van der Waals surface area contributed by atoms with Crippen LogP contribution in [0.3, 0.4) is 0 Å². The first kappa shape index (κ1) is 25.0. The van der Waals surface area contributed by atoms with Gasteiger partial charge in [0.1, 0.15) is 5.75 Å². The largest absolute Gasteiger partial charge is 0.497 e. The lowest BCUT2D eigenvalue weighted by atomic mass is 10.1. The van der Waals surface area contributed by atoms with Gasteiger partial charge in [0, 0.05) is 56.4 Å². The van der Waals surface area contributed by atoms with Crippen LogP contribution in [0, 0.1) is 0 Å². The predicted molar refractivity (Wildman–Crippen MR) is 136 cm³/mol. The fourth-order valence-corrected chi connectivity index (χ4v) is 6.13. The number of piperazine rings is 1. The molecule has 1 saturated heterocycles. The van der Waals surface area contributed by atoms with E-state index in [0.29, 0.717) is 39.0 Å². The number of hydrogen-bond donors (Lipinski definition) is 0. The third kappa shape index (κ3) is 5.29. The molecule has 4 rings (SSSR count). The standard InChI is InChI=1S/C26H33N3O5S/c1-4-25(30)29-19(2)17-20-18-23(9-10-24(20)29)35(32,33)16-11-26(31)28-14-12-27(13-15-28)21-5-7-22(34-3)8-6-21/h5-10,18-19H,4,11-17H2,1-3H3. The molecule has 1 unspecified atom stereocenters. The normalized spacial score (nSPS) is 17.9. The Bertz CT molecular complexity index is 1190. The Kier molecular flexibility index (Phi) is 7.35. The summed E-state index contributed by atoms with van der Waals surface area (Å²) in [5.41, 5.74) is 2.72. The second-order valence-electron chi connectivity index (χ2n) is 9.10. The Morgan fingerprint density at radius 2 is 1.69 bits per heavy atom. The molecule has 1 atom stereocenters. The molecule has 0 bridgehead atoms. The van der Waals surface area contributed by atoms with Gasteiger partial charge in [0.05, 0.1) is 17.8 Å². The van der Waals surface area contributed by atoms with E-state index in [1.165, 1.54) is 0 Å². The summed E-state index contributed by atoms with van der Waals surface area (Å²) >= 11 is 0. The lowest BCUT2D eigenvalue weighted by Gasteiger charge is -2.36. The molecule has 188 valence electrons. The van der Waals surface area contributed by atoms with Crippen LogP contribution in [0.1, 0.15) is 32.3 Å². The van der Waals surface area contributed by atoms with Crippen LogP contribution < -0.4 is 14.5 Å². The van der Waals surface area contributed by atoms with E-state index < -0.39 is 9.84 Å². The number of carbonyl (C=O) groups is 2. The molecule has 0 spiro atoms. The zero-order valence-corrected chi connectivity index (χ0v) is 21.4. The van der Waals surface area contributed by atoms with E-state index in [1.807, 2.05) is 38.1 Å². The molecule has 35 heavy (non-hydrogen) atoms. The van der Waals surface area contributed by atoms with Gasteiger partial charge in [-0.3, -0.25) is 9.59 Å². The van der Waals surface area contributed by atoms with Crippen molar-refractivity contribution in [3.63, 3.8) is 0 Å². The van der Waals surface area contributed by atoms with Gasteiger partial charge in [0.15, 0.2) is 9.84 Å². The zero-order valence-electron chi connectivity index (χ0n) is 20.6. The van der Waals surface area contributed by atoms with Crippen molar-refractivity contribution >= 4 is 33.0 Å². The molecule has 2 aliphatic rings. The van der Waals surface area contributed by atoms with Crippen LogP contribution in [0.15, 0.2) is 47.4 Å². The van der Waals surface area contributed by atoms with Crippen LogP contribution in [-0.4, -0.2) is 70.2 Å². The van der Waals surface area contributed by atoms with Crippen molar-refractivity contribution < 1.29 is 22.7 Å². The minimum Gasteiger partial charge on any atom is -0.497 e. The smallest absolute Gasteiger partial charge is 0.226 e. The molecule has 2 amide bonds. The minimum absolute atomic E-state index is 0.00793. The van der Waals surface area contributed by atoms with Crippen molar-refractivity contribution in [3.8, 4) is 5.75 Å².